The van der Waals surface area contributed by atoms with Gasteiger partial charge in [-0.15, -0.1) is 0 Å². The van der Waals surface area contributed by atoms with Crippen molar-refractivity contribution in [2.24, 2.45) is 5.92 Å². The Kier molecular flexibility index (Phi) is 5.51. The van der Waals surface area contributed by atoms with Crippen LogP contribution in [0, 0.1) is 5.92 Å². The zero-order chi connectivity index (χ0) is 19.7. The summed E-state index contributed by atoms with van der Waals surface area (Å²) in [4.78, 5) is 28.0. The molecule has 4 atom stereocenters. The minimum absolute atomic E-state index is 0.0265. The van der Waals surface area contributed by atoms with E-state index in [0.29, 0.717) is 16.6 Å². The van der Waals surface area contributed by atoms with Gasteiger partial charge in [-0.2, -0.15) is 0 Å². The summed E-state index contributed by atoms with van der Waals surface area (Å²) in [6.07, 6.45) is 3.10. The van der Waals surface area contributed by atoms with Gasteiger partial charge in [-0.25, -0.2) is 0 Å². The van der Waals surface area contributed by atoms with Gasteiger partial charge in [0.15, 0.2) is 5.78 Å². The Morgan fingerprint density at radius 1 is 1.07 bits per heavy atom. The number of Topliss-reactive ketones (excluding diaryl/α,β-unsaturated/α-hetero) is 1. The minimum atomic E-state index is -0.159. The number of nitrogens with zero attached hydrogens (tertiary/aromatic N) is 1. The van der Waals surface area contributed by atoms with Crippen LogP contribution in [0.4, 0.5) is 0 Å². The van der Waals surface area contributed by atoms with Crippen molar-refractivity contribution in [1.29, 1.82) is 0 Å². The van der Waals surface area contributed by atoms with Crippen molar-refractivity contribution >= 4 is 23.3 Å². The van der Waals surface area contributed by atoms with Crippen molar-refractivity contribution in [2.75, 3.05) is 13.6 Å². The number of halogens is 1. The second-order valence-corrected chi connectivity index (χ2v) is 8.33. The van der Waals surface area contributed by atoms with Crippen molar-refractivity contribution in [3.8, 4) is 0 Å². The summed E-state index contributed by atoms with van der Waals surface area (Å²) in [5.74, 6) is -0.0989. The van der Waals surface area contributed by atoms with E-state index in [2.05, 4.69) is 17.3 Å². The molecule has 4 nitrogen and oxygen atoms in total. The number of piperidine rings is 1. The van der Waals surface area contributed by atoms with E-state index in [1.165, 1.54) is 0 Å². The van der Waals surface area contributed by atoms with Gasteiger partial charge in [-0.05, 0) is 49.9 Å². The Labute approximate surface area is 170 Å². The van der Waals surface area contributed by atoms with Crippen molar-refractivity contribution < 1.29 is 9.59 Å². The first-order valence-corrected chi connectivity index (χ1v) is 10.3. The number of rotatable bonds is 5. The molecule has 1 amide bonds. The first-order chi connectivity index (χ1) is 13.5. The van der Waals surface area contributed by atoms with Crippen LogP contribution in [0.1, 0.15) is 41.1 Å². The lowest BCUT2D eigenvalue weighted by Crippen LogP contribution is -2.52. The Morgan fingerprint density at radius 2 is 1.79 bits per heavy atom. The molecule has 28 heavy (non-hydrogen) atoms. The fourth-order valence-corrected chi connectivity index (χ4v) is 5.01. The number of fused-ring (bicyclic) bond motifs is 2. The van der Waals surface area contributed by atoms with Crippen LogP contribution in [-0.2, 0) is 4.79 Å². The normalized spacial score (nSPS) is 26.8. The molecule has 0 saturated carbocycles. The van der Waals surface area contributed by atoms with Crippen molar-refractivity contribution in [2.45, 2.75) is 37.3 Å². The number of hydrogen-bond acceptors (Lipinski definition) is 3. The molecule has 4 rings (SSSR count). The summed E-state index contributed by atoms with van der Waals surface area (Å²) < 4.78 is 0. The molecular weight excluding hydrogens is 372 g/mol. The van der Waals surface area contributed by atoms with E-state index in [4.69, 9.17) is 11.6 Å². The molecule has 2 aliphatic rings. The molecule has 0 aromatic heterocycles. The van der Waals surface area contributed by atoms with Gasteiger partial charge in [0, 0.05) is 22.7 Å². The third kappa shape index (κ3) is 3.71. The SMILES string of the molecule is CN1C2CCC1C(C(=O)NCC(=O)c1ccccc1)C(c1ccc(Cl)cc1)C2. The van der Waals surface area contributed by atoms with E-state index in [-0.39, 0.29) is 36.1 Å². The maximum absolute atomic E-state index is 13.2. The molecule has 2 bridgehead atoms. The van der Waals surface area contributed by atoms with E-state index >= 15 is 0 Å². The zero-order valence-electron chi connectivity index (χ0n) is 16.0. The van der Waals surface area contributed by atoms with Gasteiger partial charge in [0.2, 0.25) is 5.91 Å². The van der Waals surface area contributed by atoms with Crippen molar-refractivity contribution in [3.05, 3.63) is 70.7 Å². The first-order valence-electron chi connectivity index (χ1n) is 9.88. The number of ketones is 1. The molecule has 5 heteroatoms. The van der Waals surface area contributed by atoms with Crippen LogP contribution < -0.4 is 5.32 Å². The van der Waals surface area contributed by atoms with E-state index in [0.717, 1.165) is 24.8 Å². The molecule has 0 radical (unpaired) electrons. The molecule has 146 valence electrons. The summed E-state index contributed by atoms with van der Waals surface area (Å²) in [7, 11) is 2.12. The lowest BCUT2D eigenvalue weighted by Gasteiger charge is -2.42. The van der Waals surface area contributed by atoms with Crippen LogP contribution in [-0.4, -0.2) is 42.3 Å². The summed E-state index contributed by atoms with van der Waals surface area (Å²) in [6, 6.07) is 17.7. The second kappa shape index (κ2) is 8.06. The van der Waals surface area contributed by atoms with Crippen LogP contribution >= 0.6 is 11.6 Å². The van der Waals surface area contributed by atoms with Crippen LogP contribution in [0.5, 0.6) is 0 Å². The van der Waals surface area contributed by atoms with Crippen molar-refractivity contribution in [3.63, 3.8) is 0 Å². The first kappa shape index (κ1) is 19.2. The predicted octanol–water partition coefficient (Wildman–Crippen LogP) is 3.91. The lowest BCUT2D eigenvalue weighted by atomic mass is 9.75. The number of nitrogens with one attached hydrogen (secondary N) is 1. The number of carbonyl (C=O) groups excluding carboxylic acids is 2. The third-order valence-corrected chi connectivity index (χ3v) is 6.64. The van der Waals surface area contributed by atoms with Gasteiger partial charge in [0.25, 0.3) is 0 Å². The van der Waals surface area contributed by atoms with Gasteiger partial charge in [0.05, 0.1) is 12.5 Å². The van der Waals surface area contributed by atoms with Gasteiger partial charge in [-0.3, -0.25) is 14.5 Å². The molecule has 2 heterocycles. The molecule has 2 aromatic carbocycles. The largest absolute Gasteiger partial charge is 0.348 e. The predicted molar refractivity (Wildman–Crippen MR) is 111 cm³/mol. The molecule has 0 spiro atoms. The molecule has 4 unspecified atom stereocenters. The fraction of sp³-hybridized carbons (Fsp3) is 0.391. The lowest BCUT2D eigenvalue weighted by molar-refractivity contribution is -0.129. The molecule has 1 N–H and O–H groups in total. The van der Waals surface area contributed by atoms with Crippen molar-refractivity contribution in [1.82, 2.24) is 10.2 Å². The molecule has 2 aliphatic heterocycles. The van der Waals surface area contributed by atoms with E-state index in [1.807, 2.05) is 42.5 Å². The number of hydrogen-bond donors (Lipinski definition) is 1. The monoisotopic (exact) mass is 396 g/mol. The third-order valence-electron chi connectivity index (χ3n) is 6.39. The van der Waals surface area contributed by atoms with E-state index in [9.17, 15) is 9.59 Å². The number of benzene rings is 2. The summed E-state index contributed by atoms with van der Waals surface area (Å²) in [5.41, 5.74) is 1.78. The standard InChI is InChI=1S/C23H25ClN2O2/c1-26-18-11-12-20(26)22(19(13-18)15-7-9-17(24)10-8-15)23(28)25-14-21(27)16-5-3-2-4-6-16/h2-10,18-20,22H,11-14H2,1H3,(H,25,28). The zero-order valence-corrected chi connectivity index (χ0v) is 16.7. The quantitative estimate of drug-likeness (QED) is 0.779. The summed E-state index contributed by atoms with van der Waals surface area (Å²) >= 11 is 6.06. The number of amides is 1. The summed E-state index contributed by atoms with van der Waals surface area (Å²) in [5, 5.41) is 3.63. The van der Waals surface area contributed by atoms with Crippen LogP contribution in [0.15, 0.2) is 54.6 Å². The topological polar surface area (TPSA) is 49.4 Å². The fourth-order valence-electron chi connectivity index (χ4n) is 4.89. The highest BCUT2D eigenvalue weighted by atomic mass is 35.5. The highest BCUT2D eigenvalue weighted by molar-refractivity contribution is 6.30. The van der Waals surface area contributed by atoms with Crippen LogP contribution in [0.2, 0.25) is 5.02 Å². The maximum Gasteiger partial charge on any atom is 0.225 e. The average molecular weight is 397 g/mol. The molecule has 0 aliphatic carbocycles. The highest BCUT2D eigenvalue weighted by Crippen LogP contribution is 2.46. The molecule has 2 aromatic rings. The smallest absolute Gasteiger partial charge is 0.225 e. The Balaban J connectivity index is 1.52. The maximum atomic E-state index is 13.2. The van der Waals surface area contributed by atoms with Crippen LogP contribution in [0.3, 0.4) is 0 Å². The Hall–Kier alpha value is -2.17. The molecule has 2 saturated heterocycles. The summed E-state index contributed by atoms with van der Waals surface area (Å²) in [6.45, 7) is 0.0343. The average Bonchev–Trinajstić information content (AvgIpc) is 2.95. The molecule has 2 fully saturated rings. The van der Waals surface area contributed by atoms with Gasteiger partial charge in [-0.1, -0.05) is 54.1 Å². The van der Waals surface area contributed by atoms with Gasteiger partial charge in [0.1, 0.15) is 0 Å². The Bertz CT molecular complexity index is 853. The minimum Gasteiger partial charge on any atom is -0.348 e. The van der Waals surface area contributed by atoms with E-state index in [1.54, 1.807) is 12.1 Å². The molecular formula is C23H25ClN2O2. The van der Waals surface area contributed by atoms with E-state index < -0.39 is 0 Å². The Morgan fingerprint density at radius 3 is 2.50 bits per heavy atom. The van der Waals surface area contributed by atoms with Gasteiger partial charge < -0.3 is 5.32 Å². The second-order valence-electron chi connectivity index (χ2n) is 7.89. The van der Waals surface area contributed by atoms with Gasteiger partial charge >= 0.3 is 0 Å². The highest BCUT2D eigenvalue weighted by Gasteiger charge is 2.48. The number of carbonyl (C=O) groups is 2. The van der Waals surface area contributed by atoms with Crippen LogP contribution in [0.25, 0.3) is 0 Å².